The predicted octanol–water partition coefficient (Wildman–Crippen LogP) is 4.70. The third-order valence-electron chi connectivity index (χ3n) is 3.69. The van der Waals surface area contributed by atoms with Crippen molar-refractivity contribution in [3.05, 3.63) is 64.3 Å². The summed E-state index contributed by atoms with van der Waals surface area (Å²) >= 11 is 1.22. The number of nitriles is 1. The Morgan fingerprint density at radius 1 is 1.32 bits per heavy atom. The van der Waals surface area contributed by atoms with Crippen LogP contribution in [0, 0.1) is 17.1 Å². The second-order valence-corrected chi connectivity index (χ2v) is 6.34. The molecule has 0 atom stereocenters. The van der Waals surface area contributed by atoms with Gasteiger partial charge in [-0.15, -0.1) is 11.3 Å². The molecule has 3 rings (SSSR count). The molecule has 0 aliphatic rings. The molecule has 0 amide bonds. The first-order chi connectivity index (χ1) is 12.1. The maximum Gasteiger partial charge on any atom is 0.348 e. The number of ether oxygens (including phenoxy) is 1. The van der Waals surface area contributed by atoms with Gasteiger partial charge >= 0.3 is 5.97 Å². The van der Waals surface area contributed by atoms with Gasteiger partial charge in [-0.25, -0.2) is 9.18 Å². The van der Waals surface area contributed by atoms with E-state index in [2.05, 4.69) is 11.4 Å². The van der Waals surface area contributed by atoms with Crippen molar-refractivity contribution < 1.29 is 13.9 Å². The van der Waals surface area contributed by atoms with Crippen molar-refractivity contribution in [1.29, 1.82) is 5.26 Å². The molecule has 1 aromatic heterocycles. The summed E-state index contributed by atoms with van der Waals surface area (Å²) in [4.78, 5) is 12.6. The lowest BCUT2D eigenvalue weighted by atomic mass is 10.1. The summed E-state index contributed by atoms with van der Waals surface area (Å²) in [5.74, 6) is -0.822. The number of rotatable bonds is 5. The van der Waals surface area contributed by atoms with Crippen molar-refractivity contribution in [2.75, 3.05) is 11.9 Å². The van der Waals surface area contributed by atoms with Crippen LogP contribution in [-0.2, 0) is 11.3 Å². The summed E-state index contributed by atoms with van der Waals surface area (Å²) in [6, 6.07) is 13.8. The van der Waals surface area contributed by atoms with Crippen LogP contribution in [0.4, 0.5) is 10.1 Å². The van der Waals surface area contributed by atoms with Crippen LogP contribution in [0.25, 0.3) is 10.1 Å². The number of hydrogen-bond donors (Lipinski definition) is 1. The van der Waals surface area contributed by atoms with Crippen molar-refractivity contribution in [1.82, 2.24) is 0 Å². The fourth-order valence-electron chi connectivity index (χ4n) is 2.59. The number of esters is 1. The van der Waals surface area contributed by atoms with Crippen molar-refractivity contribution in [2.24, 2.45) is 0 Å². The minimum absolute atomic E-state index is 0.254. The van der Waals surface area contributed by atoms with Gasteiger partial charge in [0, 0.05) is 27.9 Å². The Morgan fingerprint density at radius 3 is 2.88 bits per heavy atom. The summed E-state index contributed by atoms with van der Waals surface area (Å²) in [5.41, 5.74) is 1.82. The standard InChI is InChI=1S/C19H15FN2O2S/c1-2-24-19(23)18-14(17-15(20)7-4-8-16(17)25-18)11-22-13-6-3-5-12(9-13)10-21/h3-9,22H,2,11H2,1H3. The smallest absolute Gasteiger partial charge is 0.348 e. The lowest BCUT2D eigenvalue weighted by Gasteiger charge is -2.09. The Kier molecular flexibility index (Phi) is 4.96. The van der Waals surface area contributed by atoms with Crippen molar-refractivity contribution in [3.63, 3.8) is 0 Å². The second kappa shape index (κ2) is 7.32. The van der Waals surface area contributed by atoms with Crippen LogP contribution in [0.5, 0.6) is 0 Å². The molecule has 0 bridgehead atoms. The SMILES string of the molecule is CCOC(=O)c1sc2cccc(F)c2c1CNc1cccc(C#N)c1. The summed E-state index contributed by atoms with van der Waals surface area (Å²) in [6.45, 7) is 2.24. The third kappa shape index (κ3) is 3.47. The fourth-order valence-corrected chi connectivity index (χ4v) is 3.72. The van der Waals surface area contributed by atoms with Crippen LogP contribution >= 0.6 is 11.3 Å². The molecule has 0 radical (unpaired) electrons. The maximum atomic E-state index is 14.3. The topological polar surface area (TPSA) is 62.1 Å². The molecule has 4 nitrogen and oxygen atoms in total. The van der Waals surface area contributed by atoms with Crippen LogP contribution in [0.2, 0.25) is 0 Å². The maximum absolute atomic E-state index is 14.3. The molecule has 3 aromatic rings. The van der Waals surface area contributed by atoms with Crippen LogP contribution in [0.3, 0.4) is 0 Å². The van der Waals surface area contributed by atoms with E-state index in [4.69, 9.17) is 10.00 Å². The molecule has 6 heteroatoms. The van der Waals surface area contributed by atoms with E-state index in [1.54, 1.807) is 37.3 Å². The van der Waals surface area contributed by atoms with Gasteiger partial charge in [0.05, 0.1) is 18.2 Å². The molecule has 1 N–H and O–H groups in total. The molecule has 0 aliphatic heterocycles. The number of nitrogens with one attached hydrogen (secondary N) is 1. The predicted molar refractivity (Wildman–Crippen MR) is 96.2 cm³/mol. The molecular weight excluding hydrogens is 339 g/mol. The van der Waals surface area contributed by atoms with Crippen LogP contribution in [0.15, 0.2) is 42.5 Å². The van der Waals surface area contributed by atoms with E-state index in [1.165, 1.54) is 17.4 Å². The monoisotopic (exact) mass is 354 g/mol. The van der Waals surface area contributed by atoms with E-state index < -0.39 is 5.97 Å². The van der Waals surface area contributed by atoms with Gasteiger partial charge in [-0.3, -0.25) is 0 Å². The second-order valence-electron chi connectivity index (χ2n) is 5.29. The minimum Gasteiger partial charge on any atom is -0.462 e. The van der Waals surface area contributed by atoms with E-state index in [0.717, 1.165) is 5.69 Å². The number of carbonyl (C=O) groups is 1. The Morgan fingerprint density at radius 2 is 2.12 bits per heavy atom. The van der Waals surface area contributed by atoms with E-state index in [1.807, 2.05) is 6.07 Å². The van der Waals surface area contributed by atoms with E-state index in [0.29, 0.717) is 26.1 Å². The van der Waals surface area contributed by atoms with Crippen LogP contribution < -0.4 is 5.32 Å². The molecule has 25 heavy (non-hydrogen) atoms. The molecule has 0 aliphatic carbocycles. The number of nitrogens with zero attached hydrogens (tertiary/aromatic N) is 1. The van der Waals surface area contributed by atoms with Gasteiger partial charge in [0.2, 0.25) is 0 Å². The first-order valence-corrected chi connectivity index (χ1v) is 8.56. The largest absolute Gasteiger partial charge is 0.462 e. The van der Waals surface area contributed by atoms with Crippen molar-refractivity contribution in [3.8, 4) is 6.07 Å². The highest BCUT2D eigenvalue weighted by Crippen LogP contribution is 2.34. The molecule has 2 aromatic carbocycles. The lowest BCUT2D eigenvalue weighted by Crippen LogP contribution is -2.08. The average molecular weight is 354 g/mol. The number of thiophene rings is 1. The molecular formula is C19H15FN2O2S. The normalized spacial score (nSPS) is 10.4. The number of anilines is 1. The quantitative estimate of drug-likeness (QED) is 0.675. The van der Waals surface area contributed by atoms with Gasteiger partial charge < -0.3 is 10.1 Å². The average Bonchev–Trinajstić information content (AvgIpc) is 3.00. The summed E-state index contributed by atoms with van der Waals surface area (Å²) < 4.78 is 20.1. The van der Waals surface area contributed by atoms with E-state index in [-0.39, 0.29) is 19.0 Å². The molecule has 126 valence electrons. The summed E-state index contributed by atoms with van der Waals surface area (Å²) in [5, 5.41) is 12.6. The van der Waals surface area contributed by atoms with Crippen LogP contribution in [-0.4, -0.2) is 12.6 Å². The Labute approximate surface area is 148 Å². The Bertz CT molecular complexity index is 975. The number of fused-ring (bicyclic) bond motifs is 1. The number of halogens is 1. The Hall–Kier alpha value is -2.91. The van der Waals surface area contributed by atoms with Gasteiger partial charge in [-0.05, 0) is 37.3 Å². The minimum atomic E-state index is -0.453. The first kappa shape index (κ1) is 16.9. The third-order valence-corrected chi connectivity index (χ3v) is 4.86. The highest BCUT2D eigenvalue weighted by Gasteiger charge is 2.21. The highest BCUT2D eigenvalue weighted by molar-refractivity contribution is 7.21. The summed E-state index contributed by atoms with van der Waals surface area (Å²) in [6.07, 6.45) is 0. The molecule has 0 unspecified atom stereocenters. The molecule has 0 spiro atoms. The Balaban J connectivity index is 1.99. The van der Waals surface area contributed by atoms with Crippen LogP contribution in [0.1, 0.15) is 27.7 Å². The molecule has 0 fully saturated rings. The number of carbonyl (C=O) groups excluding carboxylic acids is 1. The number of benzene rings is 2. The highest BCUT2D eigenvalue weighted by atomic mass is 32.1. The summed E-state index contributed by atoms with van der Waals surface area (Å²) in [7, 11) is 0. The fraction of sp³-hybridized carbons (Fsp3) is 0.158. The molecule has 0 saturated heterocycles. The lowest BCUT2D eigenvalue weighted by molar-refractivity contribution is 0.0531. The first-order valence-electron chi connectivity index (χ1n) is 7.75. The molecule has 1 heterocycles. The van der Waals surface area contributed by atoms with Crippen molar-refractivity contribution in [2.45, 2.75) is 13.5 Å². The van der Waals surface area contributed by atoms with Crippen molar-refractivity contribution >= 4 is 33.1 Å². The van der Waals surface area contributed by atoms with Gasteiger partial charge in [-0.2, -0.15) is 5.26 Å². The number of hydrogen-bond acceptors (Lipinski definition) is 5. The zero-order valence-electron chi connectivity index (χ0n) is 13.5. The van der Waals surface area contributed by atoms with Gasteiger partial charge in [0.1, 0.15) is 10.7 Å². The zero-order chi connectivity index (χ0) is 17.8. The van der Waals surface area contributed by atoms with Gasteiger partial charge in [-0.1, -0.05) is 12.1 Å². The van der Waals surface area contributed by atoms with Gasteiger partial charge in [0.15, 0.2) is 0 Å². The molecule has 0 saturated carbocycles. The van der Waals surface area contributed by atoms with E-state index >= 15 is 0 Å². The van der Waals surface area contributed by atoms with Gasteiger partial charge in [0.25, 0.3) is 0 Å². The zero-order valence-corrected chi connectivity index (χ0v) is 14.3. The van der Waals surface area contributed by atoms with E-state index in [9.17, 15) is 9.18 Å².